The molecular weight excluding hydrogens is 344 g/mol. The van der Waals surface area contributed by atoms with Crippen LogP contribution in [-0.4, -0.2) is 21.2 Å². The summed E-state index contributed by atoms with van der Waals surface area (Å²) >= 11 is 1.29. The summed E-state index contributed by atoms with van der Waals surface area (Å²) in [6, 6.07) is 12.0. The van der Waals surface area contributed by atoms with Gasteiger partial charge in [-0.05, 0) is 69.5 Å². The number of rotatable bonds is 5. The van der Waals surface area contributed by atoms with Crippen molar-refractivity contribution in [3.63, 3.8) is 0 Å². The van der Waals surface area contributed by atoms with Gasteiger partial charge in [0.25, 0.3) is 5.22 Å². The first-order valence-corrected chi connectivity index (χ1v) is 9.42. The average molecular weight is 366 g/mol. The van der Waals surface area contributed by atoms with Crippen molar-refractivity contribution in [1.82, 2.24) is 10.2 Å². The quantitative estimate of drug-likeness (QED) is 0.451. The summed E-state index contributed by atoms with van der Waals surface area (Å²) in [5.74, 6) is 0.545. The monoisotopic (exact) mass is 366 g/mol. The molecule has 0 bridgehead atoms. The van der Waals surface area contributed by atoms with E-state index in [2.05, 4.69) is 24.0 Å². The smallest absolute Gasteiger partial charge is 0.277 e. The molecule has 0 saturated carbocycles. The second-order valence-electron chi connectivity index (χ2n) is 6.61. The number of carbonyl (C=O) groups excluding carboxylic acids is 1. The van der Waals surface area contributed by atoms with E-state index in [0.29, 0.717) is 11.1 Å². The summed E-state index contributed by atoms with van der Waals surface area (Å²) in [6.45, 7) is 9.93. The Balaban J connectivity index is 1.77. The number of aromatic nitrogens is 2. The molecule has 0 amide bonds. The molecule has 0 N–H and O–H groups in total. The Morgan fingerprint density at radius 2 is 1.69 bits per heavy atom. The van der Waals surface area contributed by atoms with Crippen molar-refractivity contribution in [3.8, 4) is 11.5 Å². The van der Waals surface area contributed by atoms with Crippen molar-refractivity contribution in [3.05, 3.63) is 64.2 Å². The van der Waals surface area contributed by atoms with Crippen LogP contribution in [0.25, 0.3) is 11.5 Å². The van der Waals surface area contributed by atoms with Crippen LogP contribution >= 0.6 is 11.8 Å². The molecule has 1 aromatic heterocycles. The molecule has 0 fully saturated rings. The number of Topliss-reactive ketones (excluding diaryl/α,β-unsaturated/α-hetero) is 1. The van der Waals surface area contributed by atoms with Gasteiger partial charge < -0.3 is 4.42 Å². The predicted octanol–water partition coefficient (Wildman–Crippen LogP) is 5.33. The Morgan fingerprint density at radius 1 is 0.962 bits per heavy atom. The number of nitrogens with zero attached hydrogens (tertiary/aromatic N) is 2. The molecule has 0 saturated heterocycles. The Kier molecular flexibility index (Phi) is 5.28. The number of ketones is 1. The third kappa shape index (κ3) is 3.88. The third-order valence-corrected chi connectivity index (χ3v) is 5.40. The van der Waals surface area contributed by atoms with Gasteiger partial charge in [-0.25, -0.2) is 0 Å². The molecule has 0 unspecified atom stereocenters. The summed E-state index contributed by atoms with van der Waals surface area (Å²) in [7, 11) is 0. The van der Waals surface area contributed by atoms with Crippen molar-refractivity contribution in [2.24, 2.45) is 0 Å². The minimum atomic E-state index is -0.302. The van der Waals surface area contributed by atoms with Crippen LogP contribution in [-0.2, 0) is 0 Å². The van der Waals surface area contributed by atoms with Gasteiger partial charge in [0.15, 0.2) is 5.78 Å². The zero-order valence-corrected chi connectivity index (χ0v) is 16.5. The highest BCUT2D eigenvalue weighted by atomic mass is 32.2. The van der Waals surface area contributed by atoms with Crippen molar-refractivity contribution in [1.29, 1.82) is 0 Å². The normalized spacial score (nSPS) is 12.2. The zero-order chi connectivity index (χ0) is 18.8. The SMILES string of the molecule is Cc1ccc(C)c(C(=O)[C@@H](C)Sc2nnc(-c3ccc(C)c(C)c3)o2)c1. The van der Waals surface area contributed by atoms with E-state index >= 15 is 0 Å². The van der Waals surface area contributed by atoms with Crippen LogP contribution < -0.4 is 0 Å². The second-order valence-corrected chi connectivity index (χ2v) is 7.91. The number of benzene rings is 2. The summed E-state index contributed by atoms with van der Waals surface area (Å²) in [6.07, 6.45) is 0. The molecule has 3 aromatic rings. The molecule has 0 spiro atoms. The first-order valence-electron chi connectivity index (χ1n) is 8.54. The van der Waals surface area contributed by atoms with E-state index in [4.69, 9.17) is 4.42 Å². The van der Waals surface area contributed by atoms with Gasteiger partial charge >= 0.3 is 0 Å². The third-order valence-electron chi connectivity index (χ3n) is 4.47. The molecule has 0 aliphatic heterocycles. The van der Waals surface area contributed by atoms with E-state index in [1.807, 2.05) is 57.2 Å². The Morgan fingerprint density at radius 3 is 2.42 bits per heavy atom. The van der Waals surface area contributed by atoms with E-state index < -0.39 is 0 Å². The molecule has 0 radical (unpaired) electrons. The Labute approximate surface area is 158 Å². The summed E-state index contributed by atoms with van der Waals surface area (Å²) < 4.78 is 5.76. The summed E-state index contributed by atoms with van der Waals surface area (Å²) in [4.78, 5) is 12.8. The Hall–Kier alpha value is -2.40. The van der Waals surface area contributed by atoms with Gasteiger partial charge in [-0.15, -0.1) is 10.2 Å². The van der Waals surface area contributed by atoms with E-state index in [0.717, 1.165) is 22.3 Å². The molecule has 1 heterocycles. The van der Waals surface area contributed by atoms with Gasteiger partial charge in [0.2, 0.25) is 5.89 Å². The highest BCUT2D eigenvalue weighted by Gasteiger charge is 2.21. The zero-order valence-electron chi connectivity index (χ0n) is 15.7. The van der Waals surface area contributed by atoms with Gasteiger partial charge in [0.1, 0.15) is 0 Å². The van der Waals surface area contributed by atoms with Crippen LogP contribution in [0.15, 0.2) is 46.0 Å². The van der Waals surface area contributed by atoms with Crippen molar-refractivity contribution in [2.75, 3.05) is 0 Å². The van der Waals surface area contributed by atoms with Crippen molar-refractivity contribution < 1.29 is 9.21 Å². The lowest BCUT2D eigenvalue weighted by Crippen LogP contribution is -2.15. The fourth-order valence-electron chi connectivity index (χ4n) is 2.67. The maximum atomic E-state index is 12.8. The van der Waals surface area contributed by atoms with Crippen LogP contribution in [0.2, 0.25) is 0 Å². The van der Waals surface area contributed by atoms with Gasteiger partial charge in [0, 0.05) is 11.1 Å². The van der Waals surface area contributed by atoms with Crippen LogP contribution in [0.1, 0.15) is 39.5 Å². The van der Waals surface area contributed by atoms with Gasteiger partial charge in [0.05, 0.1) is 5.25 Å². The molecule has 0 aliphatic carbocycles. The maximum absolute atomic E-state index is 12.8. The molecule has 134 valence electrons. The Bertz CT molecular complexity index is 962. The minimum Gasteiger partial charge on any atom is -0.411 e. The van der Waals surface area contributed by atoms with E-state index in [1.165, 1.54) is 22.9 Å². The largest absolute Gasteiger partial charge is 0.411 e. The first kappa shape index (κ1) is 18.4. The lowest BCUT2D eigenvalue weighted by molar-refractivity contribution is 0.0993. The van der Waals surface area contributed by atoms with E-state index in [1.54, 1.807) is 0 Å². The lowest BCUT2D eigenvalue weighted by Gasteiger charge is -2.10. The van der Waals surface area contributed by atoms with Crippen LogP contribution in [0.3, 0.4) is 0 Å². The highest BCUT2D eigenvalue weighted by molar-refractivity contribution is 8.00. The molecule has 4 nitrogen and oxygen atoms in total. The molecule has 0 aliphatic rings. The fourth-order valence-corrected chi connectivity index (χ4v) is 3.43. The van der Waals surface area contributed by atoms with Crippen molar-refractivity contribution in [2.45, 2.75) is 45.1 Å². The predicted molar refractivity (Wildman–Crippen MR) is 105 cm³/mol. The number of thioether (sulfide) groups is 1. The minimum absolute atomic E-state index is 0.0714. The number of carbonyl (C=O) groups is 1. The van der Waals surface area contributed by atoms with Gasteiger partial charge in [-0.2, -0.15) is 0 Å². The maximum Gasteiger partial charge on any atom is 0.277 e. The topological polar surface area (TPSA) is 56.0 Å². The number of aryl methyl sites for hydroxylation is 4. The van der Waals surface area contributed by atoms with E-state index in [-0.39, 0.29) is 11.0 Å². The highest BCUT2D eigenvalue weighted by Crippen LogP contribution is 2.29. The summed E-state index contributed by atoms with van der Waals surface area (Å²) in [5.41, 5.74) is 6.09. The van der Waals surface area contributed by atoms with Gasteiger partial charge in [-0.1, -0.05) is 35.5 Å². The van der Waals surface area contributed by atoms with Crippen LogP contribution in [0.5, 0.6) is 0 Å². The van der Waals surface area contributed by atoms with Crippen LogP contribution in [0.4, 0.5) is 0 Å². The first-order chi connectivity index (χ1) is 12.3. The van der Waals surface area contributed by atoms with E-state index in [9.17, 15) is 4.79 Å². The van der Waals surface area contributed by atoms with Crippen molar-refractivity contribution >= 4 is 17.5 Å². The fraction of sp³-hybridized carbons (Fsp3) is 0.286. The molecule has 3 rings (SSSR count). The molecule has 26 heavy (non-hydrogen) atoms. The lowest BCUT2D eigenvalue weighted by atomic mass is 10.0. The number of hydrogen-bond donors (Lipinski definition) is 0. The second kappa shape index (κ2) is 7.46. The molecule has 1 atom stereocenters. The summed E-state index contributed by atoms with van der Waals surface area (Å²) in [5, 5.41) is 8.32. The standard InChI is InChI=1S/C21H22N2O2S/c1-12-6-7-14(3)18(10-12)19(24)16(5)26-21-23-22-20(25-21)17-9-8-13(2)15(4)11-17/h6-11,16H,1-5H3/t16-/m1/s1. The molecule has 5 heteroatoms. The van der Waals surface area contributed by atoms with Gasteiger partial charge in [-0.3, -0.25) is 4.79 Å². The molecule has 2 aromatic carbocycles. The average Bonchev–Trinajstić information content (AvgIpc) is 3.07. The van der Waals surface area contributed by atoms with Crippen LogP contribution in [0, 0.1) is 27.7 Å². The number of hydrogen-bond acceptors (Lipinski definition) is 5. The molecular formula is C21H22N2O2S.